The second-order valence-electron chi connectivity index (χ2n) is 11.8. The minimum absolute atomic E-state index is 0.0434. The summed E-state index contributed by atoms with van der Waals surface area (Å²) in [5.41, 5.74) is 21.3. The summed E-state index contributed by atoms with van der Waals surface area (Å²) in [7, 11) is 0. The van der Waals surface area contributed by atoms with Crippen LogP contribution < -0.4 is 49.5 Å². The van der Waals surface area contributed by atoms with Crippen molar-refractivity contribution in [2.75, 3.05) is 32.8 Å². The van der Waals surface area contributed by atoms with Crippen LogP contribution in [0.1, 0.15) is 58.3 Å². The zero-order valence-corrected chi connectivity index (χ0v) is 28.5. The van der Waals surface area contributed by atoms with Crippen molar-refractivity contribution in [1.29, 1.82) is 0 Å². The van der Waals surface area contributed by atoms with Crippen LogP contribution in [0.2, 0.25) is 0 Å². The highest BCUT2D eigenvalue weighted by Crippen LogP contribution is 2.19. The number of nitrogens with two attached hydrogens (primary N) is 4. The fraction of sp³-hybridized carbons (Fsp3) is 0.690. The van der Waals surface area contributed by atoms with E-state index in [2.05, 4.69) is 31.6 Å². The maximum Gasteiger partial charge on any atom is 0.326 e. The number of carbonyl (C=O) groups excluding carboxylic acids is 6. The summed E-state index contributed by atoms with van der Waals surface area (Å²) in [5.74, 6) is -8.24. The van der Waals surface area contributed by atoms with Crippen molar-refractivity contribution in [3.05, 3.63) is 0 Å². The molecule has 22 heteroatoms. The second kappa shape index (κ2) is 22.6. The number of nitrogens with zero attached hydrogens (tertiary/aromatic N) is 2. The third kappa shape index (κ3) is 15.6. The lowest BCUT2D eigenvalue weighted by Crippen LogP contribution is -2.60. The van der Waals surface area contributed by atoms with E-state index in [1.165, 1.54) is 6.92 Å². The Morgan fingerprint density at radius 2 is 1.43 bits per heavy atom. The van der Waals surface area contributed by atoms with Gasteiger partial charge in [0, 0.05) is 13.1 Å². The molecule has 0 radical (unpaired) electrons. The van der Waals surface area contributed by atoms with Gasteiger partial charge in [0.15, 0.2) is 5.96 Å². The highest BCUT2D eigenvalue weighted by atomic mass is 16.4. The first kappa shape index (κ1) is 43.9. The van der Waals surface area contributed by atoms with Gasteiger partial charge in [-0.25, -0.2) is 4.79 Å². The molecule has 1 rings (SSSR count). The molecule has 51 heavy (non-hydrogen) atoms. The van der Waals surface area contributed by atoms with Crippen LogP contribution in [0.25, 0.3) is 0 Å². The Bertz CT molecular complexity index is 1280. The quantitative estimate of drug-likeness (QED) is 0.0265. The van der Waals surface area contributed by atoms with E-state index in [0.29, 0.717) is 25.8 Å². The molecule has 0 aromatic rings. The number of carboxylic acid groups (broad SMARTS) is 2. The number of hydrogen-bond donors (Lipinski definition) is 12. The second-order valence-corrected chi connectivity index (χ2v) is 11.8. The van der Waals surface area contributed by atoms with Gasteiger partial charge in [-0.2, -0.15) is 0 Å². The highest BCUT2D eigenvalue weighted by molar-refractivity contribution is 5.98. The summed E-state index contributed by atoms with van der Waals surface area (Å²) >= 11 is 0. The fourth-order valence-electron chi connectivity index (χ4n) is 5.06. The van der Waals surface area contributed by atoms with E-state index in [1.54, 1.807) is 0 Å². The molecule has 1 fully saturated rings. The van der Waals surface area contributed by atoms with E-state index in [0.717, 1.165) is 4.90 Å². The van der Waals surface area contributed by atoms with Crippen LogP contribution >= 0.6 is 0 Å². The van der Waals surface area contributed by atoms with Gasteiger partial charge < -0.3 is 69.7 Å². The lowest BCUT2D eigenvalue weighted by Gasteiger charge is -2.29. The van der Waals surface area contributed by atoms with E-state index < -0.39 is 103 Å². The Kier molecular flexibility index (Phi) is 19.5. The van der Waals surface area contributed by atoms with Gasteiger partial charge >= 0.3 is 11.9 Å². The largest absolute Gasteiger partial charge is 0.481 e. The third-order valence-corrected chi connectivity index (χ3v) is 7.74. The van der Waals surface area contributed by atoms with Gasteiger partial charge in [0.2, 0.25) is 35.4 Å². The summed E-state index contributed by atoms with van der Waals surface area (Å²) in [6.07, 6.45) is 0.974. The first-order valence-electron chi connectivity index (χ1n) is 16.4. The number of aliphatic hydroxyl groups excluding tert-OH is 1. The lowest BCUT2D eigenvalue weighted by atomic mass is 10.1. The van der Waals surface area contributed by atoms with Gasteiger partial charge in [-0.3, -0.25) is 38.6 Å². The number of carboxylic acids is 2. The molecular weight excluding hydrogens is 678 g/mol. The van der Waals surface area contributed by atoms with Crippen molar-refractivity contribution in [1.82, 2.24) is 31.5 Å². The molecule has 0 aromatic heterocycles. The standard InChI is InChI=1S/C29H51N11O11/c1-15(35-24(46)16(36-21(42)13-31)7-4-10-34-29(32)33)23(45)38-18(12-22(43)44)25(47)39-19(14-41)27(49)40-11-5-8-20(40)26(48)37-17(28(50)51)6-2-3-9-30/h15-20,41H,2-14,30-31H2,1H3,(H,35,46)(H,36,42)(H,37,48)(H,38,45)(H,39,47)(H,43,44)(H,50,51)(H4,32,33,34)/t15-,16-,17-,18-,19-,20+/m1/s1. The molecule has 6 amide bonds. The lowest BCUT2D eigenvalue weighted by molar-refractivity contribution is -0.145. The minimum atomic E-state index is -1.79. The number of carbonyl (C=O) groups is 8. The maximum atomic E-state index is 13.4. The zero-order valence-electron chi connectivity index (χ0n) is 28.5. The van der Waals surface area contributed by atoms with Gasteiger partial charge in [-0.05, 0) is 58.4 Å². The topological polar surface area (TPSA) is 377 Å². The Morgan fingerprint density at radius 1 is 0.804 bits per heavy atom. The summed E-state index contributed by atoms with van der Waals surface area (Å²) < 4.78 is 0. The van der Waals surface area contributed by atoms with Gasteiger partial charge in [-0.15, -0.1) is 0 Å². The summed E-state index contributed by atoms with van der Waals surface area (Å²) in [6, 6.07) is -8.30. The van der Waals surface area contributed by atoms with Gasteiger partial charge in [-0.1, -0.05) is 0 Å². The molecule has 1 aliphatic heterocycles. The van der Waals surface area contributed by atoms with Crippen LogP contribution in [0.3, 0.4) is 0 Å². The van der Waals surface area contributed by atoms with E-state index in [4.69, 9.17) is 22.9 Å². The predicted molar refractivity (Wildman–Crippen MR) is 179 cm³/mol. The molecule has 0 saturated carbocycles. The molecule has 1 aliphatic rings. The molecule has 0 aromatic carbocycles. The summed E-state index contributed by atoms with van der Waals surface area (Å²) in [5, 5.41) is 40.5. The Morgan fingerprint density at radius 3 is 2.00 bits per heavy atom. The van der Waals surface area contributed by atoms with Crippen LogP contribution in [-0.4, -0.2) is 143 Å². The number of hydrogen-bond acceptors (Lipinski definition) is 12. The molecule has 6 atom stereocenters. The number of nitrogens with one attached hydrogen (secondary N) is 5. The van der Waals surface area contributed by atoms with Crippen molar-refractivity contribution in [3.8, 4) is 0 Å². The van der Waals surface area contributed by atoms with Gasteiger partial charge in [0.1, 0.15) is 36.3 Å². The molecule has 22 nitrogen and oxygen atoms in total. The number of guanidine groups is 1. The van der Waals surface area contributed by atoms with Crippen LogP contribution in [0.5, 0.6) is 0 Å². The van der Waals surface area contributed by atoms with Crippen molar-refractivity contribution >= 4 is 53.3 Å². The SMILES string of the molecule is C[C@@H](NC(=O)[C@@H](CCCN=C(N)N)NC(=O)CN)C(=O)N[C@H](CC(=O)O)C(=O)N[C@H](CO)C(=O)N1CCC[C@H]1C(=O)N[C@H](CCCCN)C(=O)O. The first-order chi connectivity index (χ1) is 24.1. The maximum absolute atomic E-state index is 13.4. The Hall–Kier alpha value is -5.09. The van der Waals surface area contributed by atoms with Crippen molar-refractivity contribution in [3.63, 3.8) is 0 Å². The molecule has 1 saturated heterocycles. The smallest absolute Gasteiger partial charge is 0.326 e. The van der Waals surface area contributed by atoms with E-state index in [1.807, 2.05) is 0 Å². The molecule has 0 unspecified atom stereocenters. The number of unbranched alkanes of at least 4 members (excludes halogenated alkanes) is 1. The van der Waals surface area contributed by atoms with Crippen molar-refractivity contribution in [2.24, 2.45) is 27.9 Å². The van der Waals surface area contributed by atoms with E-state index in [9.17, 15) is 53.7 Å². The van der Waals surface area contributed by atoms with E-state index >= 15 is 0 Å². The molecule has 0 aliphatic carbocycles. The molecule has 1 heterocycles. The average Bonchev–Trinajstić information content (AvgIpc) is 3.57. The number of aliphatic imine (C=N–C) groups is 1. The number of aliphatic hydroxyl groups is 1. The number of likely N-dealkylation sites (tertiary alicyclic amines) is 1. The summed E-state index contributed by atoms with van der Waals surface area (Å²) in [6.45, 7) is 0.357. The molecule has 0 spiro atoms. The molecular formula is C29H51N11O11. The fourth-order valence-corrected chi connectivity index (χ4v) is 5.06. The van der Waals surface area contributed by atoms with Crippen LogP contribution in [-0.2, 0) is 38.4 Å². The average molecular weight is 730 g/mol. The molecule has 0 bridgehead atoms. The van der Waals surface area contributed by atoms with Crippen molar-refractivity contribution in [2.45, 2.75) is 94.5 Å². The predicted octanol–water partition coefficient (Wildman–Crippen LogP) is -5.89. The molecule has 288 valence electrons. The number of amides is 6. The van der Waals surface area contributed by atoms with Gasteiger partial charge in [0.25, 0.3) is 0 Å². The van der Waals surface area contributed by atoms with Crippen LogP contribution in [0.15, 0.2) is 4.99 Å². The molecule has 16 N–H and O–H groups in total. The monoisotopic (exact) mass is 729 g/mol. The van der Waals surface area contributed by atoms with Crippen LogP contribution in [0.4, 0.5) is 0 Å². The minimum Gasteiger partial charge on any atom is -0.481 e. The van der Waals surface area contributed by atoms with Gasteiger partial charge in [0.05, 0.1) is 19.6 Å². The Labute approximate surface area is 293 Å². The zero-order chi connectivity index (χ0) is 38.7. The van der Waals surface area contributed by atoms with Crippen molar-refractivity contribution < 1.29 is 53.7 Å². The highest BCUT2D eigenvalue weighted by Gasteiger charge is 2.39. The third-order valence-electron chi connectivity index (χ3n) is 7.74. The summed E-state index contributed by atoms with van der Waals surface area (Å²) in [4.78, 5) is 105. The first-order valence-corrected chi connectivity index (χ1v) is 16.4. The normalized spacial score (nSPS) is 16.7. The number of aliphatic carboxylic acids is 2. The number of rotatable bonds is 23. The van der Waals surface area contributed by atoms with Crippen LogP contribution in [0, 0.1) is 0 Å². The Balaban J connectivity index is 2.99. The van der Waals surface area contributed by atoms with E-state index in [-0.39, 0.29) is 44.7 Å².